The zero-order chi connectivity index (χ0) is 17.9. The third kappa shape index (κ3) is 2.96. The molecule has 0 radical (unpaired) electrons. The molecular weight excluding hydrogens is 326 g/mol. The molecular formula is C21H21N3O2. The van der Waals surface area contributed by atoms with Crippen molar-refractivity contribution in [3.8, 4) is 5.75 Å². The van der Waals surface area contributed by atoms with Crippen LogP contribution < -0.4 is 9.64 Å². The van der Waals surface area contributed by atoms with Crippen LogP contribution in [0.5, 0.6) is 5.75 Å². The fourth-order valence-electron chi connectivity index (χ4n) is 3.50. The van der Waals surface area contributed by atoms with Gasteiger partial charge in [-0.2, -0.15) is 0 Å². The van der Waals surface area contributed by atoms with Gasteiger partial charge in [0.25, 0.3) is 5.91 Å². The number of methoxy groups -OCH3 is 1. The number of piperazine rings is 1. The summed E-state index contributed by atoms with van der Waals surface area (Å²) in [6.45, 7) is 2.95. The van der Waals surface area contributed by atoms with Gasteiger partial charge in [0.05, 0.1) is 18.3 Å². The Morgan fingerprint density at radius 1 is 0.962 bits per heavy atom. The smallest absolute Gasteiger partial charge is 0.254 e. The molecule has 0 bridgehead atoms. The van der Waals surface area contributed by atoms with Gasteiger partial charge in [0.15, 0.2) is 0 Å². The molecule has 2 aromatic carbocycles. The normalized spacial score (nSPS) is 14.5. The third-order valence-electron chi connectivity index (χ3n) is 4.87. The summed E-state index contributed by atoms with van der Waals surface area (Å²) in [4.78, 5) is 21.6. The van der Waals surface area contributed by atoms with E-state index in [2.05, 4.69) is 16.0 Å². The first-order valence-corrected chi connectivity index (χ1v) is 8.79. The van der Waals surface area contributed by atoms with Crippen LogP contribution in [0.3, 0.4) is 0 Å². The zero-order valence-electron chi connectivity index (χ0n) is 14.8. The van der Waals surface area contributed by atoms with Gasteiger partial charge in [0.1, 0.15) is 5.75 Å². The van der Waals surface area contributed by atoms with Crippen LogP contribution in [-0.2, 0) is 0 Å². The van der Waals surface area contributed by atoms with Crippen LogP contribution in [-0.4, -0.2) is 49.1 Å². The minimum absolute atomic E-state index is 0.0725. The molecule has 0 aliphatic carbocycles. The second-order valence-electron chi connectivity index (χ2n) is 6.33. The van der Waals surface area contributed by atoms with E-state index in [4.69, 9.17) is 4.74 Å². The van der Waals surface area contributed by atoms with Crippen molar-refractivity contribution in [1.82, 2.24) is 9.88 Å². The van der Waals surface area contributed by atoms with E-state index in [1.807, 2.05) is 53.4 Å². The number of amides is 1. The van der Waals surface area contributed by atoms with Crippen molar-refractivity contribution < 1.29 is 9.53 Å². The van der Waals surface area contributed by atoms with Crippen LogP contribution in [0.4, 0.5) is 5.69 Å². The van der Waals surface area contributed by atoms with Crippen molar-refractivity contribution in [2.45, 2.75) is 0 Å². The molecule has 3 aromatic rings. The maximum Gasteiger partial charge on any atom is 0.254 e. The Bertz CT molecular complexity index is 928. The number of anilines is 1. The fourth-order valence-corrected chi connectivity index (χ4v) is 3.50. The molecule has 1 fully saturated rings. The molecule has 1 saturated heterocycles. The highest BCUT2D eigenvalue weighted by atomic mass is 16.5. The maximum absolute atomic E-state index is 13.0. The summed E-state index contributed by atoms with van der Waals surface area (Å²) in [6, 6.07) is 17.6. The first-order valence-electron chi connectivity index (χ1n) is 8.79. The summed E-state index contributed by atoms with van der Waals surface area (Å²) in [6.07, 6.45) is 1.75. The number of fused-ring (bicyclic) bond motifs is 1. The Morgan fingerprint density at radius 3 is 2.58 bits per heavy atom. The summed E-state index contributed by atoms with van der Waals surface area (Å²) < 4.78 is 5.46. The molecule has 1 amide bonds. The molecule has 2 heterocycles. The van der Waals surface area contributed by atoms with Crippen molar-refractivity contribution in [2.75, 3.05) is 38.2 Å². The molecule has 5 nitrogen and oxygen atoms in total. The Labute approximate surface area is 152 Å². The van der Waals surface area contributed by atoms with Crippen LogP contribution in [0, 0.1) is 0 Å². The van der Waals surface area contributed by atoms with Crippen LogP contribution in [0.2, 0.25) is 0 Å². The van der Waals surface area contributed by atoms with E-state index in [0.29, 0.717) is 13.1 Å². The number of pyridine rings is 1. The SMILES string of the molecule is COc1ccccc1N1CCN(C(=O)c2cccc3ncccc23)CC1. The van der Waals surface area contributed by atoms with Gasteiger partial charge in [-0.3, -0.25) is 9.78 Å². The van der Waals surface area contributed by atoms with Crippen LogP contribution in [0.15, 0.2) is 60.8 Å². The summed E-state index contributed by atoms with van der Waals surface area (Å²) >= 11 is 0. The Balaban J connectivity index is 1.52. The number of rotatable bonds is 3. The third-order valence-corrected chi connectivity index (χ3v) is 4.87. The van der Waals surface area contributed by atoms with E-state index in [9.17, 15) is 4.79 Å². The highest BCUT2D eigenvalue weighted by Crippen LogP contribution is 2.28. The highest BCUT2D eigenvalue weighted by molar-refractivity contribution is 6.06. The molecule has 1 aliphatic heterocycles. The van der Waals surface area contributed by atoms with Gasteiger partial charge in [0.2, 0.25) is 0 Å². The second kappa shape index (κ2) is 7.04. The number of nitrogens with zero attached hydrogens (tertiary/aromatic N) is 3. The summed E-state index contributed by atoms with van der Waals surface area (Å²) in [5.74, 6) is 0.940. The molecule has 4 rings (SSSR count). The van der Waals surface area contributed by atoms with E-state index in [-0.39, 0.29) is 5.91 Å². The van der Waals surface area contributed by atoms with Gasteiger partial charge in [-0.05, 0) is 30.3 Å². The van der Waals surface area contributed by atoms with E-state index in [1.165, 1.54) is 0 Å². The van der Waals surface area contributed by atoms with Crippen LogP contribution >= 0.6 is 0 Å². The lowest BCUT2D eigenvalue weighted by atomic mass is 10.1. The Hall–Kier alpha value is -3.08. The van der Waals surface area contributed by atoms with Gasteiger partial charge in [-0.15, -0.1) is 0 Å². The van der Waals surface area contributed by atoms with Gasteiger partial charge in [-0.1, -0.05) is 24.3 Å². The second-order valence-corrected chi connectivity index (χ2v) is 6.33. The Morgan fingerprint density at radius 2 is 1.77 bits per heavy atom. The molecule has 0 spiro atoms. The molecule has 132 valence electrons. The molecule has 0 atom stereocenters. The van der Waals surface area contributed by atoms with Gasteiger partial charge < -0.3 is 14.5 Å². The lowest BCUT2D eigenvalue weighted by molar-refractivity contribution is 0.0748. The molecule has 1 aromatic heterocycles. The van der Waals surface area contributed by atoms with Crippen molar-refractivity contribution in [3.05, 3.63) is 66.4 Å². The summed E-state index contributed by atoms with van der Waals surface area (Å²) in [7, 11) is 1.69. The molecule has 0 N–H and O–H groups in total. The number of carbonyl (C=O) groups excluding carboxylic acids is 1. The molecule has 5 heteroatoms. The minimum Gasteiger partial charge on any atom is -0.495 e. The molecule has 0 unspecified atom stereocenters. The van der Waals surface area contributed by atoms with Crippen molar-refractivity contribution in [2.24, 2.45) is 0 Å². The number of aromatic nitrogens is 1. The van der Waals surface area contributed by atoms with E-state index in [1.54, 1.807) is 13.3 Å². The van der Waals surface area contributed by atoms with Gasteiger partial charge >= 0.3 is 0 Å². The molecule has 26 heavy (non-hydrogen) atoms. The fraction of sp³-hybridized carbons (Fsp3) is 0.238. The number of ether oxygens (including phenoxy) is 1. The zero-order valence-corrected chi connectivity index (χ0v) is 14.8. The van der Waals surface area contributed by atoms with E-state index >= 15 is 0 Å². The standard InChI is InChI=1S/C21H21N3O2/c1-26-20-10-3-2-9-19(20)23-12-14-24(15-13-23)21(25)17-6-4-8-18-16(17)7-5-11-22-18/h2-11H,12-15H2,1H3. The van der Waals surface area contributed by atoms with Gasteiger partial charge in [0, 0.05) is 43.3 Å². The summed E-state index contributed by atoms with van der Waals surface area (Å²) in [5.41, 5.74) is 2.66. The van der Waals surface area contributed by atoms with E-state index < -0.39 is 0 Å². The first-order chi connectivity index (χ1) is 12.8. The largest absolute Gasteiger partial charge is 0.495 e. The number of para-hydroxylation sites is 2. The first kappa shape index (κ1) is 16.4. The van der Waals surface area contributed by atoms with Crippen LogP contribution in [0.1, 0.15) is 10.4 Å². The minimum atomic E-state index is 0.0725. The van der Waals surface area contributed by atoms with Crippen molar-refractivity contribution in [1.29, 1.82) is 0 Å². The lowest BCUT2D eigenvalue weighted by Gasteiger charge is -2.36. The average Bonchev–Trinajstić information content (AvgIpc) is 2.73. The topological polar surface area (TPSA) is 45.7 Å². The number of hydrogen-bond acceptors (Lipinski definition) is 4. The monoisotopic (exact) mass is 347 g/mol. The van der Waals surface area contributed by atoms with Crippen LogP contribution in [0.25, 0.3) is 10.9 Å². The number of carbonyl (C=O) groups is 1. The predicted octanol–water partition coefficient (Wildman–Crippen LogP) is 3.21. The highest BCUT2D eigenvalue weighted by Gasteiger charge is 2.24. The predicted molar refractivity (Wildman–Crippen MR) is 103 cm³/mol. The summed E-state index contributed by atoms with van der Waals surface area (Å²) in [5, 5.41) is 0.909. The number of hydrogen-bond donors (Lipinski definition) is 0. The molecule has 0 saturated carbocycles. The Kier molecular flexibility index (Phi) is 4.44. The van der Waals surface area contributed by atoms with E-state index in [0.717, 1.165) is 41.0 Å². The number of benzene rings is 2. The lowest BCUT2D eigenvalue weighted by Crippen LogP contribution is -2.48. The quantitative estimate of drug-likeness (QED) is 0.730. The maximum atomic E-state index is 13.0. The average molecular weight is 347 g/mol. The van der Waals surface area contributed by atoms with Crippen molar-refractivity contribution in [3.63, 3.8) is 0 Å². The van der Waals surface area contributed by atoms with Gasteiger partial charge in [-0.25, -0.2) is 0 Å². The van der Waals surface area contributed by atoms with Crippen molar-refractivity contribution >= 4 is 22.5 Å². The molecule has 1 aliphatic rings.